The van der Waals surface area contributed by atoms with E-state index in [1.54, 1.807) is 0 Å². The maximum Gasteiger partial charge on any atom is 0.0898 e. The molecule has 0 saturated carbocycles. The summed E-state index contributed by atoms with van der Waals surface area (Å²) in [6, 6.07) is 0. The lowest BCUT2D eigenvalue weighted by Crippen LogP contribution is -3.00. The molecule has 0 aromatic heterocycles. The molecule has 0 fully saturated rings. The number of nitrogens with zero attached hydrogens (tertiary/aromatic N) is 1. The van der Waals surface area contributed by atoms with Crippen molar-refractivity contribution in [3.63, 3.8) is 0 Å². The van der Waals surface area contributed by atoms with Crippen molar-refractivity contribution in [3.8, 4) is 0 Å². The van der Waals surface area contributed by atoms with Crippen molar-refractivity contribution >= 4 is 12.6 Å². The summed E-state index contributed by atoms with van der Waals surface area (Å²) >= 11 is 4.65. The van der Waals surface area contributed by atoms with Crippen molar-refractivity contribution in [2.24, 2.45) is 0 Å². The summed E-state index contributed by atoms with van der Waals surface area (Å²) in [5, 5.41) is 0.580. The molecule has 1 atom stereocenters. The van der Waals surface area contributed by atoms with Crippen LogP contribution in [0, 0.1) is 0 Å². The monoisotopic (exact) mass is 311 g/mol. The third-order valence-corrected chi connectivity index (χ3v) is 3.07. The van der Waals surface area contributed by atoms with E-state index in [4.69, 9.17) is 0 Å². The van der Waals surface area contributed by atoms with E-state index in [9.17, 15) is 0 Å². The first-order valence-corrected chi connectivity index (χ1v) is 6.96. The minimum Gasteiger partial charge on any atom is -1.00 e. The molecule has 0 aliphatic rings. The quantitative estimate of drug-likeness (QED) is 0.362. The van der Waals surface area contributed by atoms with Crippen molar-refractivity contribution in [3.05, 3.63) is 0 Å². The summed E-state index contributed by atoms with van der Waals surface area (Å²) in [4.78, 5) is 0. The normalized spacial score (nSPS) is 13.3. The molecule has 0 bridgehead atoms. The maximum atomic E-state index is 4.65. The van der Waals surface area contributed by atoms with Gasteiger partial charge in [-0.2, -0.15) is 12.6 Å². The second kappa shape index (κ2) is 10.9. The molecule has 0 rings (SSSR count). The fourth-order valence-electron chi connectivity index (χ4n) is 1.88. The number of halogens is 1. The summed E-state index contributed by atoms with van der Waals surface area (Å²) in [7, 11) is 6.72. The Morgan fingerprint density at radius 2 is 1.44 bits per heavy atom. The molecule has 100 valence electrons. The van der Waals surface area contributed by atoms with Gasteiger partial charge in [-0.15, -0.1) is 0 Å². The Bertz CT molecular complexity index is 145. The third-order valence-electron chi connectivity index (χ3n) is 2.65. The average molecular weight is 312 g/mol. The number of thiol groups is 1. The molecule has 0 saturated heterocycles. The fourth-order valence-corrected chi connectivity index (χ4v) is 2.56. The van der Waals surface area contributed by atoms with E-state index in [1.807, 2.05) is 0 Å². The van der Waals surface area contributed by atoms with Crippen LogP contribution in [0.5, 0.6) is 0 Å². The maximum absolute atomic E-state index is 4.65. The van der Waals surface area contributed by atoms with Crippen LogP contribution in [0.15, 0.2) is 0 Å². The van der Waals surface area contributed by atoms with Crippen LogP contribution in [-0.4, -0.2) is 37.4 Å². The Morgan fingerprint density at radius 1 is 0.938 bits per heavy atom. The number of hydrogen-bond donors (Lipinski definition) is 1. The smallest absolute Gasteiger partial charge is 0.0898 e. The second-order valence-corrected chi connectivity index (χ2v) is 6.41. The van der Waals surface area contributed by atoms with Crippen LogP contribution in [0.25, 0.3) is 0 Å². The zero-order chi connectivity index (χ0) is 11.7. The number of hydrogen-bond acceptors (Lipinski definition) is 1. The van der Waals surface area contributed by atoms with Gasteiger partial charge >= 0.3 is 0 Å². The van der Waals surface area contributed by atoms with Crippen LogP contribution in [0.1, 0.15) is 51.9 Å². The summed E-state index contributed by atoms with van der Waals surface area (Å²) in [5.74, 6) is 0. The van der Waals surface area contributed by atoms with Crippen molar-refractivity contribution in [1.29, 1.82) is 0 Å². The molecule has 0 aromatic rings. The third kappa shape index (κ3) is 14.8. The van der Waals surface area contributed by atoms with Gasteiger partial charge in [0.1, 0.15) is 0 Å². The molecule has 1 unspecified atom stereocenters. The predicted molar refractivity (Wildman–Crippen MR) is 73.7 cm³/mol. The summed E-state index contributed by atoms with van der Waals surface area (Å²) in [6.45, 7) is 3.45. The molecule has 0 aromatic carbocycles. The fraction of sp³-hybridized carbons (Fsp3) is 1.00. The van der Waals surface area contributed by atoms with Gasteiger partial charge in [0.05, 0.1) is 32.9 Å². The van der Waals surface area contributed by atoms with Gasteiger partial charge in [0.2, 0.25) is 0 Å². The van der Waals surface area contributed by atoms with Gasteiger partial charge < -0.3 is 21.5 Å². The molecule has 0 N–H and O–H groups in total. The van der Waals surface area contributed by atoms with Crippen LogP contribution in [0.4, 0.5) is 0 Å². The van der Waals surface area contributed by atoms with E-state index in [2.05, 4.69) is 40.7 Å². The molecule has 0 aliphatic carbocycles. The van der Waals surface area contributed by atoms with Crippen LogP contribution in [0.2, 0.25) is 0 Å². The topological polar surface area (TPSA) is 0 Å². The number of unbranched alkanes of at least 4 members (excludes halogenated alkanes) is 5. The first kappa shape index (κ1) is 19.1. The molecule has 1 nitrogen and oxygen atoms in total. The largest absolute Gasteiger partial charge is 1.00 e. The minimum atomic E-state index is 0. The van der Waals surface area contributed by atoms with E-state index < -0.39 is 0 Å². The number of quaternary nitrogens is 1. The van der Waals surface area contributed by atoms with Crippen molar-refractivity contribution in [1.82, 2.24) is 0 Å². The molecule has 0 radical (unpaired) electrons. The molecule has 0 aliphatic heterocycles. The Morgan fingerprint density at radius 3 is 1.94 bits per heavy atom. The SMILES string of the molecule is CCCCCCCCC(S)C[N+](C)(C)C.[Br-]. The molecule has 3 heteroatoms. The first-order valence-electron chi connectivity index (χ1n) is 6.44. The zero-order valence-corrected chi connectivity index (χ0v) is 14.0. The Kier molecular flexibility index (Phi) is 13.1. The van der Waals surface area contributed by atoms with Gasteiger partial charge in [-0.05, 0) is 6.42 Å². The molecule has 16 heavy (non-hydrogen) atoms. The average Bonchev–Trinajstić information content (AvgIpc) is 2.08. The zero-order valence-electron chi connectivity index (χ0n) is 11.5. The van der Waals surface area contributed by atoms with Crippen molar-refractivity contribution in [2.75, 3.05) is 27.7 Å². The summed E-state index contributed by atoms with van der Waals surface area (Å²) < 4.78 is 1.03. The molecule has 0 heterocycles. The minimum absolute atomic E-state index is 0. The van der Waals surface area contributed by atoms with Gasteiger partial charge in [0.15, 0.2) is 0 Å². The Labute approximate surface area is 119 Å². The van der Waals surface area contributed by atoms with Gasteiger partial charge in [0.25, 0.3) is 0 Å². The standard InChI is InChI=1S/C13H29NS.BrH/c1-5-6-7-8-9-10-11-13(15)12-14(2,3)4;/h13H,5-12H2,1-4H3;1H. The highest BCUT2D eigenvalue weighted by Gasteiger charge is 2.13. The number of rotatable bonds is 9. The van der Waals surface area contributed by atoms with Gasteiger partial charge in [-0.3, -0.25) is 0 Å². The Balaban J connectivity index is 0. The lowest BCUT2D eigenvalue weighted by molar-refractivity contribution is -0.869. The summed E-state index contributed by atoms with van der Waals surface area (Å²) in [6.07, 6.45) is 9.62. The van der Waals surface area contributed by atoms with Crippen LogP contribution in [0.3, 0.4) is 0 Å². The van der Waals surface area contributed by atoms with Crippen LogP contribution in [-0.2, 0) is 0 Å². The van der Waals surface area contributed by atoms with Crippen molar-refractivity contribution < 1.29 is 21.5 Å². The predicted octanol–water partition coefficient (Wildman–Crippen LogP) is 0.746. The van der Waals surface area contributed by atoms with E-state index >= 15 is 0 Å². The van der Waals surface area contributed by atoms with Crippen LogP contribution >= 0.6 is 12.6 Å². The second-order valence-electron chi connectivity index (χ2n) is 5.68. The molecular formula is C13H30BrNS. The highest BCUT2D eigenvalue weighted by atomic mass is 79.9. The van der Waals surface area contributed by atoms with Gasteiger partial charge in [0, 0.05) is 0 Å². The van der Waals surface area contributed by atoms with E-state index in [0.717, 1.165) is 4.48 Å². The summed E-state index contributed by atoms with van der Waals surface area (Å²) in [5.41, 5.74) is 0. The van der Waals surface area contributed by atoms with E-state index in [1.165, 1.54) is 51.5 Å². The highest BCUT2D eigenvalue weighted by molar-refractivity contribution is 7.81. The molecule has 0 amide bonds. The highest BCUT2D eigenvalue weighted by Crippen LogP contribution is 2.13. The van der Waals surface area contributed by atoms with Gasteiger partial charge in [-0.25, -0.2) is 0 Å². The first-order chi connectivity index (χ1) is 6.95. The van der Waals surface area contributed by atoms with E-state index in [-0.39, 0.29) is 17.0 Å². The molecule has 0 spiro atoms. The lowest BCUT2D eigenvalue weighted by Gasteiger charge is -2.27. The lowest BCUT2D eigenvalue weighted by atomic mass is 10.1. The van der Waals surface area contributed by atoms with Crippen LogP contribution < -0.4 is 17.0 Å². The molecular weight excluding hydrogens is 282 g/mol. The van der Waals surface area contributed by atoms with Gasteiger partial charge in [-0.1, -0.05) is 45.4 Å². The Hall–Kier alpha value is 0.790. The van der Waals surface area contributed by atoms with Crippen molar-refractivity contribution in [2.45, 2.75) is 57.1 Å². The van der Waals surface area contributed by atoms with E-state index in [0.29, 0.717) is 5.25 Å².